The molecule has 0 aliphatic rings. The third kappa shape index (κ3) is 12.6. The highest BCUT2D eigenvalue weighted by Crippen LogP contribution is 2.17. The van der Waals surface area contributed by atoms with Crippen molar-refractivity contribution in [2.24, 2.45) is 5.92 Å². The Hall–Kier alpha value is -2.97. The Labute approximate surface area is 196 Å². The van der Waals surface area contributed by atoms with Gasteiger partial charge in [0.05, 0.1) is 31.8 Å². The SMILES string of the molecule is C=CCCCC(=O)OC[C@@H](NC(=O)[C@@H](CC=C)CC(=O)NCCOCCO)c1ccccc1. The van der Waals surface area contributed by atoms with Gasteiger partial charge in [-0.1, -0.05) is 42.5 Å². The van der Waals surface area contributed by atoms with Crippen LogP contribution in [-0.2, 0) is 23.9 Å². The van der Waals surface area contributed by atoms with Crippen LogP contribution in [0.4, 0.5) is 0 Å². The number of ether oxygens (including phenoxy) is 2. The molecule has 8 heteroatoms. The van der Waals surface area contributed by atoms with Gasteiger partial charge in [-0.3, -0.25) is 14.4 Å². The maximum Gasteiger partial charge on any atom is 0.305 e. The first kappa shape index (κ1) is 28.1. The minimum absolute atomic E-state index is 0.00211. The zero-order valence-electron chi connectivity index (χ0n) is 19.2. The summed E-state index contributed by atoms with van der Waals surface area (Å²) >= 11 is 0. The Morgan fingerprint density at radius 3 is 2.52 bits per heavy atom. The molecule has 0 radical (unpaired) electrons. The van der Waals surface area contributed by atoms with Crippen LogP contribution >= 0.6 is 0 Å². The van der Waals surface area contributed by atoms with Crippen molar-refractivity contribution >= 4 is 17.8 Å². The van der Waals surface area contributed by atoms with Gasteiger partial charge in [-0.15, -0.1) is 13.2 Å². The van der Waals surface area contributed by atoms with Crippen LogP contribution < -0.4 is 10.6 Å². The summed E-state index contributed by atoms with van der Waals surface area (Å²) in [5.74, 6) is -1.56. The van der Waals surface area contributed by atoms with Crippen LogP contribution in [-0.4, -0.2) is 55.9 Å². The third-order valence-corrected chi connectivity index (χ3v) is 4.78. The second kappa shape index (κ2) is 17.6. The number of aliphatic hydroxyl groups excluding tert-OH is 1. The number of rotatable bonds is 18. The highest BCUT2D eigenvalue weighted by Gasteiger charge is 2.24. The van der Waals surface area contributed by atoms with Crippen molar-refractivity contribution in [1.82, 2.24) is 10.6 Å². The van der Waals surface area contributed by atoms with Crippen LogP contribution in [0.25, 0.3) is 0 Å². The Morgan fingerprint density at radius 2 is 1.85 bits per heavy atom. The summed E-state index contributed by atoms with van der Waals surface area (Å²) in [7, 11) is 0. The molecule has 1 rings (SSSR count). The van der Waals surface area contributed by atoms with Gasteiger partial charge in [0.25, 0.3) is 0 Å². The van der Waals surface area contributed by atoms with Gasteiger partial charge in [0.15, 0.2) is 0 Å². The number of amides is 2. The standard InChI is InChI=1S/C25H36N2O6/c1-3-5-7-13-24(30)33-19-22(20-11-8-6-9-12-20)27-25(31)21(10-4-2)18-23(29)26-14-16-32-17-15-28/h3-4,6,8-9,11-12,21-22,28H,1-2,5,7,10,13-19H2,(H,26,29)(H,27,31)/t21-,22+/m0/s1. The Bertz CT molecular complexity index is 738. The zero-order valence-corrected chi connectivity index (χ0v) is 19.2. The Morgan fingerprint density at radius 1 is 1.09 bits per heavy atom. The van der Waals surface area contributed by atoms with E-state index in [9.17, 15) is 14.4 Å². The van der Waals surface area contributed by atoms with Crippen molar-refractivity contribution in [3.63, 3.8) is 0 Å². The molecule has 0 saturated heterocycles. The van der Waals surface area contributed by atoms with E-state index in [-0.39, 0.29) is 63.6 Å². The van der Waals surface area contributed by atoms with Gasteiger partial charge >= 0.3 is 5.97 Å². The lowest BCUT2D eigenvalue weighted by Crippen LogP contribution is -2.39. The number of carbonyl (C=O) groups excluding carboxylic acids is 3. The van der Waals surface area contributed by atoms with Crippen LogP contribution in [0.15, 0.2) is 55.6 Å². The fraction of sp³-hybridized carbons (Fsp3) is 0.480. The monoisotopic (exact) mass is 460 g/mol. The first-order valence-electron chi connectivity index (χ1n) is 11.2. The van der Waals surface area contributed by atoms with Crippen molar-refractivity contribution in [3.05, 3.63) is 61.2 Å². The van der Waals surface area contributed by atoms with E-state index in [2.05, 4.69) is 23.8 Å². The predicted octanol–water partition coefficient (Wildman–Crippen LogP) is 2.45. The maximum atomic E-state index is 13.0. The Balaban J connectivity index is 2.70. The summed E-state index contributed by atoms with van der Waals surface area (Å²) in [4.78, 5) is 37.3. The van der Waals surface area contributed by atoms with E-state index in [0.717, 1.165) is 12.0 Å². The quantitative estimate of drug-likeness (QED) is 0.176. The highest BCUT2D eigenvalue weighted by molar-refractivity contribution is 5.86. The minimum Gasteiger partial charge on any atom is -0.463 e. The van der Waals surface area contributed by atoms with Gasteiger partial charge in [-0.05, 0) is 24.8 Å². The number of hydrogen-bond acceptors (Lipinski definition) is 6. The van der Waals surface area contributed by atoms with Crippen molar-refractivity contribution in [2.75, 3.05) is 33.0 Å². The van der Waals surface area contributed by atoms with Gasteiger partial charge in [0.2, 0.25) is 11.8 Å². The molecule has 1 aromatic carbocycles. The number of allylic oxidation sites excluding steroid dienone is 2. The van der Waals surface area contributed by atoms with E-state index in [4.69, 9.17) is 14.6 Å². The molecule has 0 aliphatic carbocycles. The fourth-order valence-electron chi connectivity index (χ4n) is 3.04. The normalized spacial score (nSPS) is 12.3. The number of aliphatic hydroxyl groups is 1. The molecule has 1 aromatic rings. The van der Waals surface area contributed by atoms with Crippen molar-refractivity contribution in [3.8, 4) is 0 Å². The van der Waals surface area contributed by atoms with E-state index < -0.39 is 12.0 Å². The van der Waals surface area contributed by atoms with Crippen molar-refractivity contribution < 1.29 is 29.0 Å². The van der Waals surface area contributed by atoms with Gasteiger partial charge in [-0.25, -0.2) is 0 Å². The predicted molar refractivity (Wildman–Crippen MR) is 126 cm³/mol. The Kier molecular flexibility index (Phi) is 14.9. The van der Waals surface area contributed by atoms with Crippen LogP contribution in [0.5, 0.6) is 0 Å². The van der Waals surface area contributed by atoms with E-state index in [1.165, 1.54) is 0 Å². The topological polar surface area (TPSA) is 114 Å². The van der Waals surface area contributed by atoms with Crippen LogP contribution in [0.2, 0.25) is 0 Å². The summed E-state index contributed by atoms with van der Waals surface area (Å²) in [5, 5.41) is 14.3. The third-order valence-electron chi connectivity index (χ3n) is 4.78. The summed E-state index contributed by atoms with van der Waals surface area (Å²) in [5.41, 5.74) is 0.799. The lowest BCUT2D eigenvalue weighted by atomic mass is 9.98. The average molecular weight is 461 g/mol. The summed E-state index contributed by atoms with van der Waals surface area (Å²) < 4.78 is 10.5. The van der Waals surface area contributed by atoms with Crippen LogP contribution in [0, 0.1) is 5.92 Å². The largest absolute Gasteiger partial charge is 0.463 e. The molecule has 0 fully saturated rings. The van der Waals surface area contributed by atoms with E-state index in [1.807, 2.05) is 30.3 Å². The van der Waals surface area contributed by atoms with Crippen LogP contribution in [0.1, 0.15) is 43.7 Å². The smallest absolute Gasteiger partial charge is 0.305 e. The van der Waals surface area contributed by atoms with Crippen LogP contribution in [0.3, 0.4) is 0 Å². The maximum absolute atomic E-state index is 13.0. The molecule has 2 amide bonds. The number of unbranched alkanes of at least 4 members (excludes halogenated alkanes) is 1. The minimum atomic E-state index is -0.615. The molecule has 0 spiro atoms. The summed E-state index contributed by atoms with van der Waals surface area (Å²) in [6.07, 6.45) is 5.32. The molecule has 33 heavy (non-hydrogen) atoms. The number of hydrogen-bond donors (Lipinski definition) is 3. The second-order valence-corrected chi connectivity index (χ2v) is 7.45. The van der Waals surface area contributed by atoms with E-state index in [1.54, 1.807) is 12.2 Å². The molecule has 0 aromatic heterocycles. The van der Waals surface area contributed by atoms with E-state index in [0.29, 0.717) is 12.8 Å². The van der Waals surface area contributed by atoms with Crippen molar-refractivity contribution in [2.45, 2.75) is 38.1 Å². The fourth-order valence-corrected chi connectivity index (χ4v) is 3.04. The molecule has 0 heterocycles. The number of nitrogens with one attached hydrogen (secondary N) is 2. The number of carbonyl (C=O) groups is 3. The molecule has 0 aliphatic heterocycles. The lowest BCUT2D eigenvalue weighted by Gasteiger charge is -2.22. The molecule has 3 N–H and O–H groups in total. The highest BCUT2D eigenvalue weighted by atomic mass is 16.5. The molecule has 2 atom stereocenters. The van der Waals surface area contributed by atoms with Gasteiger partial charge in [0.1, 0.15) is 6.61 Å². The van der Waals surface area contributed by atoms with Gasteiger partial charge in [0, 0.05) is 19.4 Å². The zero-order chi connectivity index (χ0) is 24.3. The average Bonchev–Trinajstić information content (AvgIpc) is 2.82. The summed E-state index contributed by atoms with van der Waals surface area (Å²) in [6, 6.07) is 8.70. The molecule has 0 unspecified atom stereocenters. The van der Waals surface area contributed by atoms with Crippen molar-refractivity contribution in [1.29, 1.82) is 0 Å². The molecule has 0 bridgehead atoms. The van der Waals surface area contributed by atoms with Gasteiger partial charge < -0.3 is 25.2 Å². The molecular weight excluding hydrogens is 424 g/mol. The van der Waals surface area contributed by atoms with Gasteiger partial charge in [-0.2, -0.15) is 0 Å². The molecule has 182 valence electrons. The molecular formula is C25H36N2O6. The van der Waals surface area contributed by atoms with E-state index >= 15 is 0 Å². The molecule has 0 saturated carbocycles. The second-order valence-electron chi connectivity index (χ2n) is 7.45. The first-order valence-corrected chi connectivity index (χ1v) is 11.2. The number of benzene rings is 1. The summed E-state index contributed by atoms with van der Waals surface area (Å²) in [6.45, 7) is 8.01. The lowest BCUT2D eigenvalue weighted by molar-refractivity contribution is -0.145. The molecule has 8 nitrogen and oxygen atoms in total. The number of esters is 1. The first-order chi connectivity index (χ1) is 16.0.